The summed E-state index contributed by atoms with van der Waals surface area (Å²) in [5.74, 6) is 0. The van der Waals surface area contributed by atoms with Gasteiger partial charge in [0.1, 0.15) is 4.90 Å². The lowest BCUT2D eigenvalue weighted by Crippen LogP contribution is -2.15. The Morgan fingerprint density at radius 1 is 1.17 bits per heavy atom. The van der Waals surface area contributed by atoms with Crippen molar-refractivity contribution in [3.63, 3.8) is 0 Å². The first-order chi connectivity index (χ1) is 13.8. The quantitative estimate of drug-likeness (QED) is 0.303. The second-order valence-electron chi connectivity index (χ2n) is 5.89. The minimum Gasteiger partial charge on any atom is -0.280 e. The monoisotopic (exact) mass is 450 g/mol. The van der Waals surface area contributed by atoms with Gasteiger partial charge in [0, 0.05) is 27.7 Å². The summed E-state index contributed by atoms with van der Waals surface area (Å²) in [6.45, 7) is 1.93. The Kier molecular flexibility index (Phi) is 6.16. The van der Waals surface area contributed by atoms with Crippen molar-refractivity contribution in [3.05, 3.63) is 79.5 Å². The second-order valence-corrected chi connectivity index (χ2v) is 8.92. The first kappa shape index (κ1) is 20.8. The van der Waals surface area contributed by atoms with Crippen LogP contribution in [0.15, 0.2) is 63.9 Å². The Hall–Kier alpha value is -2.95. The van der Waals surface area contributed by atoms with Crippen molar-refractivity contribution in [1.82, 2.24) is 0 Å². The molecular weight excluding hydrogens is 436 g/mol. The van der Waals surface area contributed by atoms with Crippen LogP contribution in [0.25, 0.3) is 0 Å². The van der Waals surface area contributed by atoms with Gasteiger partial charge in [-0.3, -0.25) is 20.3 Å². The lowest BCUT2D eigenvalue weighted by molar-refractivity contribution is -0.385. The predicted octanol–water partition coefficient (Wildman–Crippen LogP) is 4.86. The van der Waals surface area contributed by atoms with Crippen LogP contribution in [0.4, 0.5) is 17.1 Å². The number of anilines is 2. The molecule has 3 aromatic rings. The zero-order valence-electron chi connectivity index (χ0n) is 15.0. The lowest BCUT2D eigenvalue weighted by Gasteiger charge is -2.12. The average molecular weight is 451 g/mol. The molecule has 0 spiro atoms. The molecule has 0 fully saturated rings. The Balaban J connectivity index is 1.94. The maximum Gasteiger partial charge on any atom is 0.270 e. The number of nitro groups is 1. The molecule has 0 atom stereocenters. The third-order valence-electron chi connectivity index (χ3n) is 3.83. The molecule has 29 heavy (non-hydrogen) atoms. The molecule has 0 saturated carbocycles. The van der Waals surface area contributed by atoms with Crippen LogP contribution in [0.1, 0.15) is 10.4 Å². The first-order valence-corrected chi connectivity index (χ1v) is 10.9. The lowest BCUT2D eigenvalue weighted by atomic mass is 10.3. The molecule has 0 aliphatic heterocycles. The number of thiophene rings is 1. The number of hydrogen-bond acceptors (Lipinski definition) is 7. The molecule has 0 amide bonds. The molecule has 2 aromatic carbocycles. The van der Waals surface area contributed by atoms with Crippen LogP contribution in [-0.2, 0) is 10.0 Å². The zero-order valence-corrected chi connectivity index (χ0v) is 17.4. The van der Waals surface area contributed by atoms with Crippen molar-refractivity contribution in [2.24, 2.45) is 5.10 Å². The Bertz CT molecular complexity index is 1170. The molecule has 11 heteroatoms. The van der Waals surface area contributed by atoms with Crippen molar-refractivity contribution in [1.29, 1.82) is 0 Å². The number of hydrogen-bond donors (Lipinski definition) is 2. The molecule has 3 rings (SSSR count). The van der Waals surface area contributed by atoms with Gasteiger partial charge in [0.25, 0.3) is 15.7 Å². The number of nitrogens with one attached hydrogen (secondary N) is 2. The number of rotatable bonds is 7. The number of non-ortho nitro benzene ring substituents is 1. The van der Waals surface area contributed by atoms with E-state index < -0.39 is 14.9 Å². The van der Waals surface area contributed by atoms with Gasteiger partial charge in [0.05, 0.1) is 16.8 Å². The van der Waals surface area contributed by atoms with Crippen LogP contribution in [-0.4, -0.2) is 19.6 Å². The van der Waals surface area contributed by atoms with Crippen molar-refractivity contribution >= 4 is 56.2 Å². The van der Waals surface area contributed by atoms with Crippen molar-refractivity contribution in [3.8, 4) is 0 Å². The molecule has 1 aromatic heterocycles. The van der Waals surface area contributed by atoms with E-state index in [0.29, 0.717) is 5.02 Å². The van der Waals surface area contributed by atoms with E-state index in [2.05, 4.69) is 15.2 Å². The fourth-order valence-electron chi connectivity index (χ4n) is 2.34. The van der Waals surface area contributed by atoms with E-state index in [9.17, 15) is 18.5 Å². The van der Waals surface area contributed by atoms with Crippen LogP contribution in [0.5, 0.6) is 0 Å². The van der Waals surface area contributed by atoms with E-state index >= 15 is 0 Å². The van der Waals surface area contributed by atoms with E-state index in [-0.39, 0.29) is 22.0 Å². The zero-order chi connectivity index (χ0) is 21.0. The summed E-state index contributed by atoms with van der Waals surface area (Å²) in [5.41, 5.74) is 3.70. The summed E-state index contributed by atoms with van der Waals surface area (Å²) in [6.07, 6.45) is 1.56. The molecule has 0 radical (unpaired) electrons. The summed E-state index contributed by atoms with van der Waals surface area (Å²) >= 11 is 7.30. The second kappa shape index (κ2) is 8.60. The highest BCUT2D eigenvalue weighted by molar-refractivity contribution is 7.92. The van der Waals surface area contributed by atoms with Crippen LogP contribution in [0.3, 0.4) is 0 Å². The van der Waals surface area contributed by atoms with Crippen LogP contribution in [0.2, 0.25) is 5.02 Å². The molecule has 0 aliphatic carbocycles. The number of hydrazone groups is 1. The van der Waals surface area contributed by atoms with Crippen LogP contribution < -0.4 is 10.1 Å². The van der Waals surface area contributed by atoms with Gasteiger partial charge in [0.15, 0.2) is 0 Å². The van der Waals surface area contributed by atoms with E-state index in [1.807, 2.05) is 18.4 Å². The number of benzene rings is 2. The highest BCUT2D eigenvalue weighted by Gasteiger charge is 2.22. The van der Waals surface area contributed by atoms with Crippen molar-refractivity contribution < 1.29 is 13.3 Å². The first-order valence-electron chi connectivity index (χ1n) is 8.16. The summed E-state index contributed by atoms with van der Waals surface area (Å²) in [4.78, 5) is 11.1. The fraction of sp³-hybridized carbons (Fsp3) is 0.0556. The SMILES string of the molecule is Cc1ccsc1/C=N\Nc1ccc([N+](=O)[O-])cc1S(=O)(=O)Nc1ccc(Cl)cc1. The van der Waals surface area contributed by atoms with Crippen molar-refractivity contribution in [2.45, 2.75) is 11.8 Å². The average Bonchev–Trinajstić information content (AvgIpc) is 3.08. The van der Waals surface area contributed by atoms with E-state index in [1.165, 1.54) is 47.7 Å². The molecule has 0 bridgehead atoms. The smallest absolute Gasteiger partial charge is 0.270 e. The molecule has 150 valence electrons. The van der Waals surface area contributed by atoms with Gasteiger partial charge in [-0.05, 0) is 54.3 Å². The largest absolute Gasteiger partial charge is 0.280 e. The summed E-state index contributed by atoms with van der Waals surface area (Å²) in [7, 11) is -4.14. The van der Waals surface area contributed by atoms with E-state index in [1.54, 1.807) is 6.21 Å². The van der Waals surface area contributed by atoms with Gasteiger partial charge in [-0.15, -0.1) is 11.3 Å². The van der Waals surface area contributed by atoms with Crippen LogP contribution >= 0.6 is 22.9 Å². The number of aryl methyl sites for hydroxylation is 1. The molecule has 8 nitrogen and oxygen atoms in total. The Morgan fingerprint density at radius 3 is 2.52 bits per heavy atom. The number of nitrogens with zero attached hydrogens (tertiary/aromatic N) is 2. The summed E-state index contributed by atoms with van der Waals surface area (Å²) in [5, 5.41) is 17.5. The predicted molar refractivity (Wildman–Crippen MR) is 116 cm³/mol. The van der Waals surface area contributed by atoms with E-state index in [0.717, 1.165) is 16.5 Å². The van der Waals surface area contributed by atoms with Gasteiger partial charge in [0.2, 0.25) is 0 Å². The van der Waals surface area contributed by atoms with Crippen molar-refractivity contribution in [2.75, 3.05) is 10.1 Å². The summed E-state index contributed by atoms with van der Waals surface area (Å²) in [6, 6.07) is 11.4. The molecule has 0 unspecified atom stereocenters. The van der Waals surface area contributed by atoms with Gasteiger partial charge < -0.3 is 0 Å². The third-order valence-corrected chi connectivity index (χ3v) is 6.46. The molecular formula is C18H15ClN4O4S2. The topological polar surface area (TPSA) is 114 Å². The third kappa shape index (κ3) is 5.11. The standard InChI is InChI=1S/C18H15ClN4O4S2/c1-12-8-9-28-17(12)11-20-21-16-7-6-15(23(24)25)10-18(16)29(26,27)22-14-4-2-13(19)3-5-14/h2-11,21-22H,1H3/b20-11-. The van der Waals surface area contributed by atoms with Gasteiger partial charge in [-0.25, -0.2) is 8.42 Å². The minimum atomic E-state index is -4.14. The van der Waals surface area contributed by atoms with Gasteiger partial charge >= 0.3 is 0 Å². The number of sulfonamides is 1. The number of nitro benzene ring substituents is 1. The van der Waals surface area contributed by atoms with Gasteiger partial charge in [-0.2, -0.15) is 5.10 Å². The normalized spacial score (nSPS) is 11.5. The highest BCUT2D eigenvalue weighted by Crippen LogP contribution is 2.28. The molecule has 0 aliphatic rings. The number of halogens is 1. The fourth-order valence-corrected chi connectivity index (χ4v) is 4.49. The Labute approximate surface area is 176 Å². The maximum atomic E-state index is 12.9. The molecule has 1 heterocycles. The van der Waals surface area contributed by atoms with E-state index in [4.69, 9.17) is 11.6 Å². The highest BCUT2D eigenvalue weighted by atomic mass is 35.5. The van der Waals surface area contributed by atoms with Crippen LogP contribution in [0, 0.1) is 17.0 Å². The molecule has 0 saturated heterocycles. The minimum absolute atomic E-state index is 0.0996. The Morgan fingerprint density at radius 2 is 1.90 bits per heavy atom. The summed E-state index contributed by atoms with van der Waals surface area (Å²) < 4.78 is 28.1. The maximum absolute atomic E-state index is 12.9. The molecule has 2 N–H and O–H groups in total. The van der Waals surface area contributed by atoms with Gasteiger partial charge in [-0.1, -0.05) is 11.6 Å².